The van der Waals surface area contributed by atoms with Gasteiger partial charge in [0.2, 0.25) is 0 Å². The Balaban J connectivity index is 0.00000336. The summed E-state index contributed by atoms with van der Waals surface area (Å²) in [5.41, 5.74) is 4.91. The third-order valence-electron chi connectivity index (χ3n) is 6.71. The normalized spacial score (nSPS) is 13.9. The first kappa shape index (κ1) is 27.9. The number of aryl methyl sites for hydroxylation is 1. The van der Waals surface area contributed by atoms with Crippen molar-refractivity contribution in [1.29, 1.82) is 0 Å². The molecule has 0 bridgehead atoms. The van der Waals surface area contributed by atoms with Crippen LogP contribution in [0.4, 0.5) is 17.2 Å². The number of hydrogen-bond acceptors (Lipinski definition) is 7. The van der Waals surface area contributed by atoms with Gasteiger partial charge >= 0.3 is 0 Å². The summed E-state index contributed by atoms with van der Waals surface area (Å²) in [6.45, 7) is 7.26. The number of benzene rings is 2. The van der Waals surface area contributed by atoms with Gasteiger partial charge in [-0.25, -0.2) is 4.98 Å². The van der Waals surface area contributed by atoms with E-state index >= 15 is 0 Å². The number of likely N-dealkylation sites (N-methyl/N-ethyl adjacent to an activating group) is 1. The number of piperazine rings is 1. The first-order valence-electron chi connectivity index (χ1n) is 12.0. The Morgan fingerprint density at radius 3 is 2.29 bits per heavy atom. The lowest BCUT2D eigenvalue weighted by atomic mass is 9.98. The summed E-state index contributed by atoms with van der Waals surface area (Å²) in [6.07, 6.45) is 1.79. The Bertz CT molecular complexity index is 1480. The summed E-state index contributed by atoms with van der Waals surface area (Å²) >= 11 is 12.3. The van der Waals surface area contributed by atoms with Crippen LogP contribution in [0.5, 0.6) is 5.75 Å². The van der Waals surface area contributed by atoms with E-state index in [2.05, 4.69) is 32.1 Å². The summed E-state index contributed by atoms with van der Waals surface area (Å²) in [5, 5.41) is 14.5. The standard InChI is InChI=1S/C28H27Cl2N5O2.ClH/c1-16-26(17(2)36)27(33-20-5-7-25(31-15-20)35-10-8-34(3)9-11-35)21-12-18(4-6-24(21)32-16)19-13-22(29)28(37)23(30)14-19;/h4-7,12-15,37H,8-11H2,1-3H3,(H,32,33);1H. The number of phenols is 1. The van der Waals surface area contributed by atoms with Crippen LogP contribution in [0.1, 0.15) is 23.0 Å². The Labute approximate surface area is 237 Å². The number of hydrogen-bond donors (Lipinski definition) is 2. The van der Waals surface area contributed by atoms with Gasteiger partial charge < -0.3 is 20.2 Å². The first-order chi connectivity index (χ1) is 17.7. The van der Waals surface area contributed by atoms with Gasteiger partial charge in [-0.1, -0.05) is 29.3 Å². The maximum absolute atomic E-state index is 12.7. The maximum Gasteiger partial charge on any atom is 0.163 e. The predicted molar refractivity (Wildman–Crippen MR) is 158 cm³/mol. The molecule has 7 nitrogen and oxygen atoms in total. The molecule has 1 aliphatic rings. The Hall–Kier alpha value is -3.10. The highest BCUT2D eigenvalue weighted by Gasteiger charge is 2.19. The molecule has 4 aromatic rings. The molecular formula is C28H28Cl3N5O2. The average molecular weight is 573 g/mol. The lowest BCUT2D eigenvalue weighted by Crippen LogP contribution is -2.44. The molecule has 0 spiro atoms. The highest BCUT2D eigenvalue weighted by atomic mass is 35.5. The smallest absolute Gasteiger partial charge is 0.163 e. The Morgan fingerprint density at radius 1 is 1.00 bits per heavy atom. The second-order valence-corrected chi connectivity index (χ2v) is 10.2. The highest BCUT2D eigenvalue weighted by Crippen LogP contribution is 2.39. The van der Waals surface area contributed by atoms with Gasteiger partial charge in [-0.15, -0.1) is 12.4 Å². The second-order valence-electron chi connectivity index (χ2n) is 9.34. The van der Waals surface area contributed by atoms with Crippen LogP contribution in [0.2, 0.25) is 10.0 Å². The molecule has 2 aromatic carbocycles. The molecule has 10 heteroatoms. The predicted octanol–water partition coefficient (Wildman–Crippen LogP) is 6.74. The van der Waals surface area contributed by atoms with Crippen molar-refractivity contribution < 1.29 is 9.90 Å². The minimum Gasteiger partial charge on any atom is -0.505 e. The van der Waals surface area contributed by atoms with Crippen molar-refractivity contribution in [3.05, 3.63) is 70.0 Å². The van der Waals surface area contributed by atoms with Crippen molar-refractivity contribution >= 4 is 69.5 Å². The molecule has 0 atom stereocenters. The van der Waals surface area contributed by atoms with E-state index in [1.807, 2.05) is 37.3 Å². The number of pyridine rings is 2. The molecule has 198 valence electrons. The van der Waals surface area contributed by atoms with Gasteiger partial charge in [-0.3, -0.25) is 9.78 Å². The van der Waals surface area contributed by atoms with E-state index in [0.717, 1.165) is 59.7 Å². The van der Waals surface area contributed by atoms with Gasteiger partial charge in [0.25, 0.3) is 0 Å². The van der Waals surface area contributed by atoms with Crippen molar-refractivity contribution in [1.82, 2.24) is 14.9 Å². The molecule has 1 fully saturated rings. The lowest BCUT2D eigenvalue weighted by Gasteiger charge is -2.33. The average Bonchev–Trinajstić information content (AvgIpc) is 2.87. The largest absolute Gasteiger partial charge is 0.505 e. The zero-order valence-electron chi connectivity index (χ0n) is 21.3. The number of nitrogens with one attached hydrogen (secondary N) is 1. The summed E-state index contributed by atoms with van der Waals surface area (Å²) in [5.74, 6) is 0.695. The van der Waals surface area contributed by atoms with Crippen LogP contribution < -0.4 is 10.2 Å². The number of rotatable bonds is 5. The van der Waals surface area contributed by atoms with Crippen LogP contribution in [-0.2, 0) is 0 Å². The molecule has 5 rings (SSSR count). The zero-order valence-corrected chi connectivity index (χ0v) is 23.6. The Morgan fingerprint density at radius 2 is 1.68 bits per heavy atom. The number of aromatic nitrogens is 2. The summed E-state index contributed by atoms with van der Waals surface area (Å²) < 4.78 is 0. The molecule has 0 unspecified atom stereocenters. The zero-order chi connectivity index (χ0) is 26.3. The van der Waals surface area contributed by atoms with Crippen LogP contribution in [0.15, 0.2) is 48.7 Å². The molecule has 2 aromatic heterocycles. The van der Waals surface area contributed by atoms with E-state index in [1.165, 1.54) is 0 Å². The number of fused-ring (bicyclic) bond motifs is 1. The van der Waals surface area contributed by atoms with Crippen LogP contribution >= 0.6 is 35.6 Å². The number of Topliss-reactive ketones (excluding diaryl/α,β-unsaturated/α-hetero) is 1. The van der Waals surface area contributed by atoms with E-state index in [0.29, 0.717) is 16.9 Å². The van der Waals surface area contributed by atoms with Gasteiger partial charge in [-0.05, 0) is 68.4 Å². The van der Waals surface area contributed by atoms with Crippen molar-refractivity contribution in [2.75, 3.05) is 43.4 Å². The topological polar surface area (TPSA) is 81.6 Å². The molecular weight excluding hydrogens is 545 g/mol. The van der Waals surface area contributed by atoms with Crippen LogP contribution in [0.25, 0.3) is 22.0 Å². The fraction of sp³-hybridized carbons (Fsp3) is 0.250. The number of anilines is 3. The number of aromatic hydroxyl groups is 1. The van der Waals surface area contributed by atoms with Crippen LogP contribution in [0.3, 0.4) is 0 Å². The van der Waals surface area contributed by atoms with Gasteiger partial charge in [0.15, 0.2) is 11.5 Å². The molecule has 38 heavy (non-hydrogen) atoms. The van der Waals surface area contributed by atoms with E-state index in [9.17, 15) is 9.90 Å². The molecule has 1 aliphatic heterocycles. The molecule has 0 amide bonds. The van der Waals surface area contributed by atoms with E-state index in [-0.39, 0.29) is 34.0 Å². The van der Waals surface area contributed by atoms with Crippen molar-refractivity contribution in [2.45, 2.75) is 13.8 Å². The number of halogens is 3. The van der Waals surface area contributed by atoms with Crippen molar-refractivity contribution in [2.24, 2.45) is 0 Å². The number of ketones is 1. The molecule has 1 saturated heterocycles. The van der Waals surface area contributed by atoms with Gasteiger partial charge in [-0.2, -0.15) is 0 Å². The maximum atomic E-state index is 12.7. The van der Waals surface area contributed by atoms with E-state index in [1.54, 1.807) is 25.3 Å². The third kappa shape index (κ3) is 5.52. The lowest BCUT2D eigenvalue weighted by molar-refractivity contribution is 0.101. The second kappa shape index (κ2) is 11.3. The summed E-state index contributed by atoms with van der Waals surface area (Å²) in [7, 11) is 2.13. The van der Waals surface area contributed by atoms with E-state index in [4.69, 9.17) is 23.2 Å². The number of phenolic OH excluding ortho intramolecular Hbond substituents is 1. The minimum absolute atomic E-state index is 0. The molecule has 3 heterocycles. The summed E-state index contributed by atoms with van der Waals surface area (Å²) in [4.78, 5) is 26.7. The molecule has 0 saturated carbocycles. The molecule has 0 aliphatic carbocycles. The summed E-state index contributed by atoms with van der Waals surface area (Å²) in [6, 6.07) is 13.1. The third-order valence-corrected chi connectivity index (χ3v) is 7.29. The Kier molecular flexibility index (Phi) is 8.33. The fourth-order valence-corrected chi connectivity index (χ4v) is 5.17. The van der Waals surface area contributed by atoms with Gasteiger partial charge in [0, 0.05) is 31.6 Å². The SMILES string of the molecule is CC(=O)c1c(C)nc2ccc(-c3cc(Cl)c(O)c(Cl)c3)cc2c1Nc1ccc(N2CCN(C)CC2)nc1.Cl. The first-order valence-corrected chi connectivity index (χ1v) is 12.8. The van der Waals surface area contributed by atoms with Gasteiger partial charge in [0.05, 0.1) is 44.4 Å². The van der Waals surface area contributed by atoms with Gasteiger partial charge in [0.1, 0.15) is 5.82 Å². The number of carbonyl (C=O) groups excluding carboxylic acids is 1. The minimum atomic E-state index is -0.154. The van der Waals surface area contributed by atoms with Crippen molar-refractivity contribution in [3.63, 3.8) is 0 Å². The van der Waals surface area contributed by atoms with Crippen LogP contribution in [0, 0.1) is 6.92 Å². The monoisotopic (exact) mass is 571 g/mol. The molecule has 2 N–H and O–H groups in total. The van der Waals surface area contributed by atoms with Crippen LogP contribution in [-0.4, -0.2) is 59.0 Å². The fourth-order valence-electron chi connectivity index (χ4n) is 4.69. The molecule has 0 radical (unpaired) electrons. The number of carbonyl (C=O) groups is 1. The highest BCUT2D eigenvalue weighted by molar-refractivity contribution is 6.37. The quantitative estimate of drug-likeness (QED) is 0.256. The van der Waals surface area contributed by atoms with E-state index < -0.39 is 0 Å². The number of nitrogens with zero attached hydrogens (tertiary/aromatic N) is 4. The van der Waals surface area contributed by atoms with Crippen molar-refractivity contribution in [3.8, 4) is 16.9 Å².